The van der Waals surface area contributed by atoms with Crippen molar-refractivity contribution in [3.05, 3.63) is 22.6 Å². The van der Waals surface area contributed by atoms with Crippen molar-refractivity contribution in [3.63, 3.8) is 0 Å². The first-order chi connectivity index (χ1) is 8.94. The number of sulfone groups is 1. The van der Waals surface area contributed by atoms with Crippen molar-refractivity contribution < 1.29 is 17.6 Å². The molecule has 2 heterocycles. The topological polar surface area (TPSA) is 67.6 Å². The van der Waals surface area contributed by atoms with Gasteiger partial charge in [0.2, 0.25) is 0 Å². The van der Waals surface area contributed by atoms with Gasteiger partial charge >= 0.3 is 0 Å². The summed E-state index contributed by atoms with van der Waals surface area (Å²) in [5, 5.41) is -0.315. The average molecular weight is 350 g/mol. The van der Waals surface area contributed by atoms with Gasteiger partial charge in [-0.1, -0.05) is 6.92 Å². The van der Waals surface area contributed by atoms with Crippen LogP contribution in [-0.4, -0.2) is 43.3 Å². The van der Waals surface area contributed by atoms with Crippen LogP contribution in [0.1, 0.15) is 30.3 Å². The first-order valence-corrected chi connectivity index (χ1v) is 8.71. The maximum atomic E-state index is 12.1. The molecule has 1 saturated heterocycles. The third-order valence-electron chi connectivity index (χ3n) is 3.42. The van der Waals surface area contributed by atoms with E-state index in [0.29, 0.717) is 30.6 Å². The van der Waals surface area contributed by atoms with E-state index in [4.69, 9.17) is 4.42 Å². The van der Waals surface area contributed by atoms with Crippen LogP contribution in [0.5, 0.6) is 0 Å². The number of nitrogens with zero attached hydrogens (tertiary/aromatic N) is 1. The van der Waals surface area contributed by atoms with Crippen molar-refractivity contribution in [1.29, 1.82) is 0 Å². The molecule has 2 rings (SSSR count). The van der Waals surface area contributed by atoms with Crippen LogP contribution >= 0.6 is 15.9 Å². The van der Waals surface area contributed by atoms with Gasteiger partial charge in [0.25, 0.3) is 5.91 Å². The highest BCUT2D eigenvalue weighted by Gasteiger charge is 2.31. The number of likely N-dealkylation sites (tertiary alicyclic amines) is 1. The summed E-state index contributed by atoms with van der Waals surface area (Å²) < 4.78 is 29.3. The van der Waals surface area contributed by atoms with Crippen molar-refractivity contribution in [2.75, 3.05) is 18.8 Å². The zero-order valence-electron chi connectivity index (χ0n) is 10.6. The number of hydrogen-bond donors (Lipinski definition) is 0. The minimum absolute atomic E-state index is 0.163. The molecule has 5 nitrogen and oxygen atoms in total. The fraction of sp³-hybridized carbons (Fsp3) is 0.583. The lowest BCUT2D eigenvalue weighted by Gasteiger charge is -2.30. The van der Waals surface area contributed by atoms with Gasteiger partial charge in [0, 0.05) is 18.8 Å². The molecule has 0 atom stereocenters. The quantitative estimate of drug-likeness (QED) is 0.837. The number of carbonyl (C=O) groups is 1. The number of carbonyl (C=O) groups excluding carboxylic acids is 1. The lowest BCUT2D eigenvalue weighted by Crippen LogP contribution is -2.42. The second-order valence-electron chi connectivity index (χ2n) is 4.55. The molecule has 1 aromatic heterocycles. The van der Waals surface area contributed by atoms with Crippen LogP contribution in [-0.2, 0) is 9.84 Å². The molecule has 1 aliphatic rings. The Kier molecular flexibility index (Phi) is 4.35. The van der Waals surface area contributed by atoms with Gasteiger partial charge in [-0.05, 0) is 40.9 Å². The summed E-state index contributed by atoms with van der Waals surface area (Å²) in [6, 6.07) is 3.28. The zero-order valence-corrected chi connectivity index (χ0v) is 13.0. The molecular weight excluding hydrogens is 334 g/mol. The fourth-order valence-corrected chi connectivity index (χ4v) is 3.95. The molecule has 0 aliphatic carbocycles. The maximum Gasteiger partial charge on any atom is 0.289 e. The van der Waals surface area contributed by atoms with Crippen LogP contribution in [0.3, 0.4) is 0 Å². The summed E-state index contributed by atoms with van der Waals surface area (Å²) in [6.45, 7) is 2.58. The Morgan fingerprint density at radius 1 is 1.42 bits per heavy atom. The second kappa shape index (κ2) is 5.66. The summed E-state index contributed by atoms with van der Waals surface area (Å²) in [5.74, 6) is 0.262. The average Bonchev–Trinajstić information content (AvgIpc) is 2.85. The molecule has 0 radical (unpaired) electrons. The monoisotopic (exact) mass is 349 g/mol. The van der Waals surface area contributed by atoms with E-state index in [1.807, 2.05) is 0 Å². The molecule has 0 saturated carbocycles. The van der Waals surface area contributed by atoms with E-state index < -0.39 is 9.84 Å². The SMILES string of the molecule is CCS(=O)(=O)C1CCN(C(=O)c2ccc(Br)o2)CC1. The summed E-state index contributed by atoms with van der Waals surface area (Å²) in [7, 11) is -3.00. The van der Waals surface area contributed by atoms with E-state index in [2.05, 4.69) is 15.9 Å². The van der Waals surface area contributed by atoms with Crippen molar-refractivity contribution in [2.24, 2.45) is 0 Å². The van der Waals surface area contributed by atoms with Gasteiger partial charge in [-0.25, -0.2) is 8.42 Å². The Morgan fingerprint density at radius 3 is 2.53 bits per heavy atom. The number of halogens is 1. The van der Waals surface area contributed by atoms with Crippen molar-refractivity contribution in [2.45, 2.75) is 25.0 Å². The number of rotatable bonds is 3. The van der Waals surface area contributed by atoms with Gasteiger partial charge in [-0.15, -0.1) is 0 Å². The van der Waals surface area contributed by atoms with Gasteiger partial charge in [0.05, 0.1) is 5.25 Å². The van der Waals surface area contributed by atoms with Crippen LogP contribution in [0.4, 0.5) is 0 Å². The molecule has 1 aliphatic heterocycles. The smallest absolute Gasteiger partial charge is 0.289 e. The largest absolute Gasteiger partial charge is 0.444 e. The van der Waals surface area contributed by atoms with E-state index in [-0.39, 0.29) is 22.7 Å². The minimum atomic E-state index is -3.00. The zero-order chi connectivity index (χ0) is 14.0. The van der Waals surface area contributed by atoms with Crippen molar-refractivity contribution in [3.8, 4) is 0 Å². The predicted molar refractivity (Wildman–Crippen MR) is 74.8 cm³/mol. The van der Waals surface area contributed by atoms with Gasteiger partial charge in [0.1, 0.15) is 0 Å². The standard InChI is InChI=1S/C12H16BrNO4S/c1-2-19(16,17)9-5-7-14(8-6-9)12(15)10-3-4-11(13)18-10/h3-4,9H,2,5-8H2,1H3. The highest BCUT2D eigenvalue weighted by Crippen LogP contribution is 2.21. The normalized spacial score (nSPS) is 17.7. The molecule has 19 heavy (non-hydrogen) atoms. The number of hydrogen-bond acceptors (Lipinski definition) is 4. The van der Waals surface area contributed by atoms with Crippen molar-refractivity contribution >= 4 is 31.7 Å². The summed E-state index contributed by atoms with van der Waals surface area (Å²) in [4.78, 5) is 13.7. The van der Waals surface area contributed by atoms with Gasteiger partial charge < -0.3 is 9.32 Å². The Morgan fingerprint density at radius 2 is 2.05 bits per heavy atom. The molecular formula is C12H16BrNO4S. The second-order valence-corrected chi connectivity index (χ2v) is 7.90. The highest BCUT2D eigenvalue weighted by molar-refractivity contribution is 9.10. The molecule has 1 fully saturated rings. The first-order valence-electron chi connectivity index (χ1n) is 6.20. The summed E-state index contributed by atoms with van der Waals surface area (Å²) in [6.07, 6.45) is 1.01. The highest BCUT2D eigenvalue weighted by atomic mass is 79.9. The molecule has 0 aromatic carbocycles. The minimum Gasteiger partial charge on any atom is -0.444 e. The van der Waals surface area contributed by atoms with Crippen LogP contribution in [0, 0.1) is 0 Å². The van der Waals surface area contributed by atoms with Crippen molar-refractivity contribution in [1.82, 2.24) is 4.90 Å². The third kappa shape index (κ3) is 3.20. The molecule has 0 unspecified atom stereocenters. The van der Waals surface area contributed by atoms with Crippen LogP contribution < -0.4 is 0 Å². The Hall–Kier alpha value is -0.820. The number of piperidine rings is 1. The summed E-state index contributed by atoms with van der Waals surface area (Å²) >= 11 is 3.15. The predicted octanol–water partition coefficient (Wildman–Crippen LogP) is 2.08. The van der Waals surface area contributed by atoms with Crippen LogP contribution in [0.2, 0.25) is 0 Å². The molecule has 1 amide bonds. The van der Waals surface area contributed by atoms with Gasteiger partial charge in [-0.2, -0.15) is 0 Å². The van der Waals surface area contributed by atoms with Gasteiger partial charge in [0.15, 0.2) is 20.3 Å². The Bertz CT molecular complexity index is 558. The number of amides is 1. The fourth-order valence-electron chi connectivity index (χ4n) is 2.24. The van der Waals surface area contributed by atoms with Gasteiger partial charge in [-0.3, -0.25) is 4.79 Å². The molecule has 0 N–H and O–H groups in total. The Labute approximate surface area is 121 Å². The van der Waals surface area contributed by atoms with E-state index in [9.17, 15) is 13.2 Å². The van der Waals surface area contributed by atoms with E-state index in [1.54, 1.807) is 24.0 Å². The molecule has 1 aromatic rings. The molecule has 0 bridgehead atoms. The first kappa shape index (κ1) is 14.6. The maximum absolute atomic E-state index is 12.1. The lowest BCUT2D eigenvalue weighted by atomic mass is 10.1. The van der Waals surface area contributed by atoms with E-state index >= 15 is 0 Å². The lowest BCUT2D eigenvalue weighted by molar-refractivity contribution is 0.0692. The van der Waals surface area contributed by atoms with E-state index in [1.165, 1.54) is 0 Å². The van der Waals surface area contributed by atoms with E-state index in [0.717, 1.165) is 0 Å². The Balaban J connectivity index is 1.99. The molecule has 0 spiro atoms. The van der Waals surface area contributed by atoms with Crippen LogP contribution in [0.15, 0.2) is 21.2 Å². The molecule has 106 valence electrons. The number of furan rings is 1. The third-order valence-corrected chi connectivity index (χ3v) is 6.14. The van der Waals surface area contributed by atoms with Crippen LogP contribution in [0.25, 0.3) is 0 Å². The summed E-state index contributed by atoms with van der Waals surface area (Å²) in [5.41, 5.74) is 0. The molecule has 7 heteroatoms.